The summed E-state index contributed by atoms with van der Waals surface area (Å²) in [6.45, 7) is 2.16. The number of aromatic nitrogens is 1. The van der Waals surface area contributed by atoms with Gasteiger partial charge >= 0.3 is 0 Å². The molecule has 3 aromatic rings. The molecule has 0 spiro atoms. The van der Waals surface area contributed by atoms with Crippen molar-refractivity contribution >= 4 is 22.5 Å². The Kier molecular flexibility index (Phi) is 5.70. The molecule has 5 rings (SSSR count). The first kappa shape index (κ1) is 20.8. The van der Waals surface area contributed by atoms with Gasteiger partial charge in [0, 0.05) is 50.9 Å². The van der Waals surface area contributed by atoms with E-state index in [-0.39, 0.29) is 11.9 Å². The molecule has 0 aliphatic carbocycles. The van der Waals surface area contributed by atoms with Gasteiger partial charge in [-0.15, -0.1) is 0 Å². The number of hydrogen-bond acceptors (Lipinski definition) is 5. The molecule has 1 fully saturated rings. The Balaban J connectivity index is 1.52. The summed E-state index contributed by atoms with van der Waals surface area (Å²) < 4.78 is 11.3. The van der Waals surface area contributed by atoms with E-state index in [0.29, 0.717) is 18.1 Å². The van der Waals surface area contributed by atoms with Crippen molar-refractivity contribution in [2.24, 2.45) is 0 Å². The Labute approximate surface area is 188 Å². The number of hydrogen-bond donors (Lipinski definition) is 1. The third kappa shape index (κ3) is 3.79. The lowest BCUT2D eigenvalue weighted by Gasteiger charge is -2.28. The topological polar surface area (TPSA) is 63.7 Å². The third-order valence-electron chi connectivity index (χ3n) is 6.52. The maximum atomic E-state index is 13.4. The molecule has 3 heterocycles. The normalized spacial score (nSPS) is 18.6. The van der Waals surface area contributed by atoms with Crippen LogP contribution in [-0.2, 0) is 4.74 Å². The number of carbonyl (C=O) groups excluding carboxylic acids is 1. The molecule has 32 heavy (non-hydrogen) atoms. The Bertz CT molecular complexity index is 1140. The first-order valence-electron chi connectivity index (χ1n) is 11.3. The fraction of sp³-hybridized carbons (Fsp3) is 0.385. The minimum atomic E-state index is -0.110. The van der Waals surface area contributed by atoms with Gasteiger partial charge in [-0.2, -0.15) is 0 Å². The van der Waals surface area contributed by atoms with Crippen LogP contribution in [0.25, 0.3) is 10.9 Å². The molecule has 166 valence electrons. The molecule has 1 aromatic heterocycles. The molecule has 6 nitrogen and oxygen atoms in total. The highest BCUT2D eigenvalue weighted by Crippen LogP contribution is 2.37. The van der Waals surface area contributed by atoms with Crippen LogP contribution in [0.1, 0.15) is 52.7 Å². The Morgan fingerprint density at radius 2 is 1.78 bits per heavy atom. The van der Waals surface area contributed by atoms with Gasteiger partial charge < -0.3 is 19.7 Å². The van der Waals surface area contributed by atoms with Crippen LogP contribution in [0, 0.1) is 0 Å². The fourth-order valence-electron chi connectivity index (χ4n) is 4.95. The standard InChI is InChI=1S/C26H29N3O3/c1-29(2)25-20-8-5-7-18(17-10-13-31-14-11-17)24(20)27-16-21(25)26(30)28-22-12-15-32-23-9-4-3-6-19(22)23/h3-9,16-17,22H,10-15H2,1-2H3,(H,28,30)/t22-/m0/s1. The summed E-state index contributed by atoms with van der Waals surface area (Å²) in [5, 5.41) is 4.24. The maximum Gasteiger partial charge on any atom is 0.255 e. The highest BCUT2D eigenvalue weighted by molar-refractivity contribution is 6.08. The number of fused-ring (bicyclic) bond motifs is 2. The van der Waals surface area contributed by atoms with Crippen LogP contribution < -0.4 is 15.0 Å². The van der Waals surface area contributed by atoms with Crippen molar-refractivity contribution < 1.29 is 14.3 Å². The highest BCUT2D eigenvalue weighted by atomic mass is 16.5. The van der Waals surface area contributed by atoms with E-state index < -0.39 is 0 Å². The van der Waals surface area contributed by atoms with Crippen molar-refractivity contribution in [2.75, 3.05) is 38.8 Å². The zero-order valence-electron chi connectivity index (χ0n) is 18.6. The number of nitrogens with zero attached hydrogens (tertiary/aromatic N) is 2. The van der Waals surface area contributed by atoms with Crippen LogP contribution in [0.5, 0.6) is 5.75 Å². The van der Waals surface area contributed by atoms with Gasteiger partial charge in [-0.3, -0.25) is 9.78 Å². The minimum absolute atomic E-state index is 0.0771. The smallest absolute Gasteiger partial charge is 0.255 e. The number of benzene rings is 2. The van der Waals surface area contributed by atoms with Gasteiger partial charge in [0.05, 0.1) is 29.4 Å². The van der Waals surface area contributed by atoms with Crippen molar-refractivity contribution in [1.82, 2.24) is 10.3 Å². The molecule has 2 aromatic carbocycles. The van der Waals surface area contributed by atoms with Crippen LogP contribution in [-0.4, -0.2) is 44.8 Å². The van der Waals surface area contributed by atoms with Crippen molar-refractivity contribution in [3.8, 4) is 5.75 Å². The van der Waals surface area contributed by atoms with Gasteiger partial charge in [0.1, 0.15) is 5.75 Å². The van der Waals surface area contributed by atoms with E-state index in [2.05, 4.69) is 23.5 Å². The lowest BCUT2D eigenvalue weighted by atomic mass is 9.89. The quantitative estimate of drug-likeness (QED) is 0.661. The van der Waals surface area contributed by atoms with Crippen molar-refractivity contribution in [3.63, 3.8) is 0 Å². The molecule has 1 saturated heterocycles. The van der Waals surface area contributed by atoms with Gasteiger partial charge in [0.15, 0.2) is 0 Å². The summed E-state index contributed by atoms with van der Waals surface area (Å²) in [5.74, 6) is 1.17. The number of anilines is 1. The summed E-state index contributed by atoms with van der Waals surface area (Å²) in [6.07, 6.45) is 4.49. The average molecular weight is 432 g/mol. The van der Waals surface area contributed by atoms with Crippen LogP contribution in [0.3, 0.4) is 0 Å². The Hall–Kier alpha value is -3.12. The molecule has 0 bridgehead atoms. The molecule has 0 saturated carbocycles. The second kappa shape index (κ2) is 8.79. The average Bonchev–Trinajstić information content (AvgIpc) is 2.83. The molecular formula is C26H29N3O3. The number of nitrogens with one attached hydrogen (secondary N) is 1. The van der Waals surface area contributed by atoms with Crippen LogP contribution in [0.15, 0.2) is 48.7 Å². The van der Waals surface area contributed by atoms with Crippen molar-refractivity contribution in [2.45, 2.75) is 31.2 Å². The van der Waals surface area contributed by atoms with Crippen LogP contribution in [0.4, 0.5) is 5.69 Å². The van der Waals surface area contributed by atoms with E-state index in [1.165, 1.54) is 5.56 Å². The second-order valence-corrected chi connectivity index (χ2v) is 8.75. The number of para-hydroxylation sites is 2. The van der Waals surface area contributed by atoms with Crippen molar-refractivity contribution in [3.05, 3.63) is 65.4 Å². The zero-order chi connectivity index (χ0) is 22.1. The van der Waals surface area contributed by atoms with Gasteiger partial charge in [-0.05, 0) is 30.4 Å². The first-order chi connectivity index (χ1) is 15.6. The van der Waals surface area contributed by atoms with E-state index in [1.54, 1.807) is 6.20 Å². The first-order valence-corrected chi connectivity index (χ1v) is 11.3. The van der Waals surface area contributed by atoms with E-state index in [1.807, 2.05) is 43.3 Å². The summed E-state index contributed by atoms with van der Waals surface area (Å²) >= 11 is 0. The van der Waals surface area contributed by atoms with E-state index >= 15 is 0 Å². The van der Waals surface area contributed by atoms with Crippen molar-refractivity contribution in [1.29, 1.82) is 0 Å². The molecule has 1 atom stereocenters. The molecule has 2 aliphatic rings. The lowest BCUT2D eigenvalue weighted by Crippen LogP contribution is -2.33. The second-order valence-electron chi connectivity index (χ2n) is 8.75. The van der Waals surface area contributed by atoms with Gasteiger partial charge in [-0.25, -0.2) is 0 Å². The Morgan fingerprint density at radius 1 is 1.00 bits per heavy atom. The number of ether oxygens (including phenoxy) is 2. The zero-order valence-corrected chi connectivity index (χ0v) is 18.6. The Morgan fingerprint density at radius 3 is 2.59 bits per heavy atom. The highest BCUT2D eigenvalue weighted by Gasteiger charge is 2.26. The molecule has 6 heteroatoms. The van der Waals surface area contributed by atoms with Crippen LogP contribution in [0.2, 0.25) is 0 Å². The number of carbonyl (C=O) groups is 1. The molecule has 0 radical (unpaired) electrons. The van der Waals surface area contributed by atoms with E-state index in [9.17, 15) is 4.79 Å². The van der Waals surface area contributed by atoms with Crippen LogP contribution >= 0.6 is 0 Å². The SMILES string of the molecule is CN(C)c1c(C(=O)N[C@H]2CCOc3ccccc32)cnc2c(C3CCOCC3)cccc12. The van der Waals surface area contributed by atoms with E-state index in [0.717, 1.165) is 60.4 Å². The van der Waals surface area contributed by atoms with E-state index in [4.69, 9.17) is 14.5 Å². The summed E-state index contributed by atoms with van der Waals surface area (Å²) in [5.41, 5.74) is 4.75. The largest absolute Gasteiger partial charge is 0.493 e. The molecule has 0 unspecified atom stereocenters. The monoisotopic (exact) mass is 431 g/mol. The fourth-order valence-corrected chi connectivity index (χ4v) is 4.95. The summed E-state index contributed by atoms with van der Waals surface area (Å²) in [6, 6.07) is 14.2. The number of amides is 1. The predicted octanol–water partition coefficient (Wildman–Crippen LogP) is 4.45. The molecular weight excluding hydrogens is 402 g/mol. The number of rotatable bonds is 4. The molecule has 2 aliphatic heterocycles. The maximum absolute atomic E-state index is 13.4. The molecule has 1 N–H and O–H groups in total. The van der Waals surface area contributed by atoms with Gasteiger partial charge in [0.2, 0.25) is 0 Å². The summed E-state index contributed by atoms with van der Waals surface area (Å²) in [7, 11) is 3.97. The minimum Gasteiger partial charge on any atom is -0.493 e. The molecule has 1 amide bonds. The predicted molar refractivity (Wildman–Crippen MR) is 126 cm³/mol. The van der Waals surface area contributed by atoms with Gasteiger partial charge in [-0.1, -0.05) is 36.4 Å². The summed E-state index contributed by atoms with van der Waals surface area (Å²) in [4.78, 5) is 20.3. The lowest BCUT2D eigenvalue weighted by molar-refractivity contribution is 0.0856. The number of pyridine rings is 1. The van der Waals surface area contributed by atoms with Gasteiger partial charge in [0.25, 0.3) is 5.91 Å². The third-order valence-corrected chi connectivity index (χ3v) is 6.52.